The average Bonchev–Trinajstić information content (AvgIpc) is 2.38. The molecule has 1 aromatic carbocycles. The molecule has 0 radical (unpaired) electrons. The van der Waals surface area contributed by atoms with Gasteiger partial charge in [-0.2, -0.15) is 0 Å². The molecule has 19 heavy (non-hydrogen) atoms. The number of aromatic carboxylic acids is 1. The SMILES string of the molecule is O=C1CCCC(O)=C1N=Nc1ccccc1C(=O)O. The van der Waals surface area contributed by atoms with Gasteiger partial charge in [0.2, 0.25) is 0 Å². The van der Waals surface area contributed by atoms with Crippen LogP contribution in [0.25, 0.3) is 0 Å². The lowest BCUT2D eigenvalue weighted by Gasteiger charge is -2.10. The second-order valence-electron chi connectivity index (χ2n) is 4.09. The summed E-state index contributed by atoms with van der Waals surface area (Å²) in [7, 11) is 0. The number of azo groups is 1. The molecule has 0 spiro atoms. The first-order valence-corrected chi connectivity index (χ1v) is 5.79. The van der Waals surface area contributed by atoms with E-state index < -0.39 is 5.97 Å². The molecule has 0 saturated carbocycles. The summed E-state index contributed by atoms with van der Waals surface area (Å²) in [4.78, 5) is 22.5. The van der Waals surface area contributed by atoms with Gasteiger partial charge < -0.3 is 10.2 Å². The van der Waals surface area contributed by atoms with Crippen LogP contribution >= 0.6 is 0 Å². The van der Waals surface area contributed by atoms with Crippen molar-refractivity contribution in [2.24, 2.45) is 10.2 Å². The molecule has 98 valence electrons. The lowest BCUT2D eigenvalue weighted by molar-refractivity contribution is -0.116. The lowest BCUT2D eigenvalue weighted by atomic mass is 10.0. The second-order valence-corrected chi connectivity index (χ2v) is 4.09. The molecule has 2 N–H and O–H groups in total. The van der Waals surface area contributed by atoms with E-state index in [0.29, 0.717) is 19.3 Å². The molecule has 0 saturated heterocycles. The Labute approximate surface area is 109 Å². The van der Waals surface area contributed by atoms with Gasteiger partial charge in [-0.1, -0.05) is 12.1 Å². The van der Waals surface area contributed by atoms with Crippen LogP contribution in [0, 0.1) is 0 Å². The van der Waals surface area contributed by atoms with Crippen molar-refractivity contribution < 1.29 is 19.8 Å². The maximum atomic E-state index is 11.6. The second kappa shape index (κ2) is 5.43. The zero-order chi connectivity index (χ0) is 13.8. The number of allylic oxidation sites excluding steroid dienone is 2. The van der Waals surface area contributed by atoms with E-state index in [-0.39, 0.29) is 28.5 Å². The van der Waals surface area contributed by atoms with E-state index in [1.54, 1.807) is 12.1 Å². The van der Waals surface area contributed by atoms with Gasteiger partial charge in [0.25, 0.3) is 0 Å². The number of carbonyl (C=O) groups is 2. The van der Waals surface area contributed by atoms with Crippen LogP contribution in [-0.4, -0.2) is 22.0 Å². The van der Waals surface area contributed by atoms with E-state index >= 15 is 0 Å². The van der Waals surface area contributed by atoms with Gasteiger partial charge in [-0.15, -0.1) is 10.2 Å². The number of benzene rings is 1. The third-order valence-electron chi connectivity index (χ3n) is 2.75. The molecule has 2 rings (SSSR count). The van der Waals surface area contributed by atoms with Gasteiger partial charge in [0, 0.05) is 12.8 Å². The number of carboxylic acids is 1. The van der Waals surface area contributed by atoms with Gasteiger partial charge in [0.15, 0.2) is 11.5 Å². The molecule has 0 amide bonds. The van der Waals surface area contributed by atoms with Crippen molar-refractivity contribution in [2.45, 2.75) is 19.3 Å². The van der Waals surface area contributed by atoms with Crippen molar-refractivity contribution in [3.05, 3.63) is 41.3 Å². The maximum absolute atomic E-state index is 11.6. The van der Waals surface area contributed by atoms with Crippen LogP contribution in [-0.2, 0) is 4.79 Å². The van der Waals surface area contributed by atoms with Gasteiger partial charge in [-0.25, -0.2) is 4.79 Å². The molecule has 1 aromatic rings. The third-order valence-corrected chi connectivity index (χ3v) is 2.75. The van der Waals surface area contributed by atoms with Crippen LogP contribution in [0.1, 0.15) is 29.6 Å². The number of rotatable bonds is 3. The molecule has 1 aliphatic rings. The Balaban J connectivity index is 2.33. The maximum Gasteiger partial charge on any atom is 0.337 e. The highest BCUT2D eigenvalue weighted by Gasteiger charge is 2.20. The number of carboxylic acid groups (broad SMARTS) is 1. The zero-order valence-electron chi connectivity index (χ0n) is 10.0. The highest BCUT2D eigenvalue weighted by Crippen LogP contribution is 2.24. The number of Topliss-reactive ketones (excluding diaryl/α,β-unsaturated/α-hetero) is 1. The molecule has 0 aromatic heterocycles. The molecule has 0 aliphatic heterocycles. The Bertz CT molecular complexity index is 590. The molecule has 0 unspecified atom stereocenters. The topological polar surface area (TPSA) is 99.3 Å². The molecular formula is C13H12N2O4. The van der Waals surface area contributed by atoms with Crippen molar-refractivity contribution in [2.75, 3.05) is 0 Å². The summed E-state index contributed by atoms with van der Waals surface area (Å²) >= 11 is 0. The Hall–Kier alpha value is -2.50. The number of aliphatic hydroxyl groups is 1. The van der Waals surface area contributed by atoms with Crippen LogP contribution in [0.15, 0.2) is 46.0 Å². The summed E-state index contributed by atoms with van der Waals surface area (Å²) in [6.07, 6.45) is 1.30. The van der Waals surface area contributed by atoms with Crippen LogP contribution in [0.5, 0.6) is 0 Å². The molecule has 6 nitrogen and oxygen atoms in total. The van der Waals surface area contributed by atoms with Crippen molar-refractivity contribution in [3.8, 4) is 0 Å². The number of nitrogens with zero attached hydrogens (tertiary/aromatic N) is 2. The molecule has 0 atom stereocenters. The molecule has 0 fully saturated rings. The summed E-state index contributed by atoms with van der Waals surface area (Å²) in [5.41, 5.74) is 0.0645. The van der Waals surface area contributed by atoms with Crippen LogP contribution in [0.3, 0.4) is 0 Å². The van der Waals surface area contributed by atoms with Crippen molar-refractivity contribution in [3.63, 3.8) is 0 Å². The smallest absolute Gasteiger partial charge is 0.337 e. The molecule has 0 heterocycles. The highest BCUT2D eigenvalue weighted by atomic mass is 16.4. The zero-order valence-corrected chi connectivity index (χ0v) is 10.0. The quantitative estimate of drug-likeness (QED) is 0.816. The Morgan fingerprint density at radius 1 is 1.16 bits per heavy atom. The highest BCUT2D eigenvalue weighted by molar-refractivity contribution is 5.96. The first-order valence-electron chi connectivity index (χ1n) is 5.79. The average molecular weight is 260 g/mol. The largest absolute Gasteiger partial charge is 0.510 e. The van der Waals surface area contributed by atoms with E-state index in [1.165, 1.54) is 12.1 Å². The van der Waals surface area contributed by atoms with Gasteiger partial charge in [-0.05, 0) is 18.6 Å². The first kappa shape index (κ1) is 12.9. The summed E-state index contributed by atoms with van der Waals surface area (Å²) in [5, 5.41) is 26.0. The van der Waals surface area contributed by atoms with E-state index in [1.807, 2.05) is 0 Å². The van der Waals surface area contributed by atoms with E-state index in [2.05, 4.69) is 10.2 Å². The minimum Gasteiger partial charge on any atom is -0.510 e. The summed E-state index contributed by atoms with van der Waals surface area (Å²) in [6, 6.07) is 6.08. The normalized spacial score (nSPS) is 16.1. The number of carbonyl (C=O) groups excluding carboxylic acids is 1. The van der Waals surface area contributed by atoms with E-state index in [4.69, 9.17) is 5.11 Å². The van der Waals surface area contributed by atoms with Gasteiger partial charge >= 0.3 is 5.97 Å². The van der Waals surface area contributed by atoms with Gasteiger partial charge in [-0.3, -0.25) is 4.79 Å². The van der Waals surface area contributed by atoms with Gasteiger partial charge in [0.05, 0.1) is 5.56 Å². The van der Waals surface area contributed by atoms with Crippen molar-refractivity contribution in [1.82, 2.24) is 0 Å². The fraction of sp³-hybridized carbons (Fsp3) is 0.231. The molecular weight excluding hydrogens is 248 g/mol. The Morgan fingerprint density at radius 2 is 1.89 bits per heavy atom. The lowest BCUT2D eigenvalue weighted by Crippen LogP contribution is -2.09. The summed E-state index contributed by atoms with van der Waals surface area (Å²) < 4.78 is 0. The minimum absolute atomic E-state index is 0.00500. The predicted molar refractivity (Wildman–Crippen MR) is 66.4 cm³/mol. The number of hydrogen-bond donors (Lipinski definition) is 2. The van der Waals surface area contributed by atoms with Crippen molar-refractivity contribution in [1.29, 1.82) is 0 Å². The van der Waals surface area contributed by atoms with E-state index in [9.17, 15) is 14.7 Å². The predicted octanol–water partition coefficient (Wildman–Crippen LogP) is 2.99. The third kappa shape index (κ3) is 2.85. The number of aliphatic hydroxyl groups excluding tert-OH is 1. The number of hydrogen-bond acceptors (Lipinski definition) is 5. The summed E-state index contributed by atoms with van der Waals surface area (Å²) in [5.74, 6) is -1.49. The van der Waals surface area contributed by atoms with Gasteiger partial charge in [0.1, 0.15) is 11.4 Å². The van der Waals surface area contributed by atoms with Crippen LogP contribution in [0.4, 0.5) is 5.69 Å². The fourth-order valence-electron chi connectivity index (χ4n) is 1.77. The molecule has 1 aliphatic carbocycles. The minimum atomic E-state index is -1.12. The van der Waals surface area contributed by atoms with Crippen molar-refractivity contribution >= 4 is 17.4 Å². The van der Waals surface area contributed by atoms with Crippen LogP contribution in [0.2, 0.25) is 0 Å². The Morgan fingerprint density at radius 3 is 2.58 bits per heavy atom. The molecule has 0 bridgehead atoms. The van der Waals surface area contributed by atoms with Crippen LogP contribution < -0.4 is 0 Å². The van der Waals surface area contributed by atoms with E-state index in [0.717, 1.165) is 0 Å². The number of ketones is 1. The summed E-state index contributed by atoms with van der Waals surface area (Å²) in [6.45, 7) is 0. The molecule has 6 heteroatoms. The standard InChI is InChI=1S/C13H12N2O4/c16-10-6-3-7-11(17)12(10)15-14-9-5-2-1-4-8(9)13(18)19/h1-2,4-5,16H,3,6-7H2,(H,18,19). The fourth-order valence-corrected chi connectivity index (χ4v) is 1.77. The first-order chi connectivity index (χ1) is 9.09. The Kier molecular flexibility index (Phi) is 3.70. The monoisotopic (exact) mass is 260 g/mol.